The zero-order valence-corrected chi connectivity index (χ0v) is 13.0. The lowest BCUT2D eigenvalue weighted by atomic mass is 10.2. The summed E-state index contributed by atoms with van der Waals surface area (Å²) in [6.45, 7) is 4.88. The topological polar surface area (TPSA) is 72.6 Å². The summed E-state index contributed by atoms with van der Waals surface area (Å²) in [4.78, 5) is 0. The summed E-state index contributed by atoms with van der Waals surface area (Å²) in [5.74, 6) is -0.155. The SMILES string of the molecule is C=CCO[C@H]1CCN(S(=O)(=O)Cc2noc3ccccc23)C1. The molecule has 0 aliphatic carbocycles. The fraction of sp³-hybridized carbons (Fsp3) is 0.400. The lowest BCUT2D eigenvalue weighted by Gasteiger charge is -2.15. The van der Waals surface area contributed by atoms with Crippen molar-refractivity contribution in [2.24, 2.45) is 0 Å². The molecule has 0 N–H and O–H groups in total. The molecule has 0 unspecified atom stereocenters. The van der Waals surface area contributed by atoms with Crippen LogP contribution in [0.1, 0.15) is 12.1 Å². The van der Waals surface area contributed by atoms with E-state index in [2.05, 4.69) is 11.7 Å². The van der Waals surface area contributed by atoms with Crippen LogP contribution in [-0.2, 0) is 20.5 Å². The Kier molecular flexibility index (Phi) is 4.28. The second-order valence-corrected chi connectivity index (χ2v) is 7.24. The average molecular weight is 322 g/mol. The van der Waals surface area contributed by atoms with Gasteiger partial charge in [-0.2, -0.15) is 4.31 Å². The van der Waals surface area contributed by atoms with Crippen molar-refractivity contribution in [1.29, 1.82) is 0 Å². The van der Waals surface area contributed by atoms with Crippen LogP contribution in [0.15, 0.2) is 41.4 Å². The van der Waals surface area contributed by atoms with Crippen molar-refractivity contribution in [3.8, 4) is 0 Å². The van der Waals surface area contributed by atoms with Gasteiger partial charge in [0.2, 0.25) is 10.0 Å². The largest absolute Gasteiger partial charge is 0.373 e. The van der Waals surface area contributed by atoms with Crippen LogP contribution < -0.4 is 0 Å². The molecule has 1 aliphatic heterocycles. The van der Waals surface area contributed by atoms with Gasteiger partial charge in [-0.1, -0.05) is 23.4 Å². The maximum absolute atomic E-state index is 12.5. The molecule has 3 rings (SSSR count). The van der Waals surface area contributed by atoms with Gasteiger partial charge in [-0.15, -0.1) is 6.58 Å². The number of aromatic nitrogens is 1. The summed E-state index contributed by atoms with van der Waals surface area (Å²) in [5, 5.41) is 4.64. The summed E-state index contributed by atoms with van der Waals surface area (Å²) < 4.78 is 37.2. The summed E-state index contributed by atoms with van der Waals surface area (Å²) >= 11 is 0. The highest BCUT2D eigenvalue weighted by molar-refractivity contribution is 7.88. The van der Waals surface area contributed by atoms with E-state index in [0.717, 1.165) is 5.39 Å². The highest BCUT2D eigenvalue weighted by Gasteiger charge is 2.32. The first-order valence-electron chi connectivity index (χ1n) is 7.14. The molecular weight excluding hydrogens is 304 g/mol. The Balaban J connectivity index is 1.73. The smallest absolute Gasteiger partial charge is 0.220 e. The molecular formula is C15H18N2O4S. The molecule has 6 nitrogen and oxygen atoms in total. The van der Waals surface area contributed by atoms with Crippen LogP contribution in [0, 0.1) is 0 Å². The van der Waals surface area contributed by atoms with Crippen LogP contribution in [0.4, 0.5) is 0 Å². The highest BCUT2D eigenvalue weighted by Crippen LogP contribution is 2.23. The third kappa shape index (κ3) is 3.06. The van der Waals surface area contributed by atoms with Crippen molar-refractivity contribution in [3.63, 3.8) is 0 Å². The Hall–Kier alpha value is -1.70. The van der Waals surface area contributed by atoms with Gasteiger partial charge in [-0.05, 0) is 18.6 Å². The van der Waals surface area contributed by atoms with Gasteiger partial charge in [-0.25, -0.2) is 8.42 Å². The quantitative estimate of drug-likeness (QED) is 0.760. The Morgan fingerprint density at radius 2 is 2.27 bits per heavy atom. The van der Waals surface area contributed by atoms with Crippen LogP contribution >= 0.6 is 0 Å². The molecule has 2 aromatic rings. The molecule has 118 valence electrons. The summed E-state index contributed by atoms with van der Waals surface area (Å²) in [6, 6.07) is 7.25. The van der Waals surface area contributed by atoms with Crippen LogP contribution in [0.2, 0.25) is 0 Å². The molecule has 0 spiro atoms. The van der Waals surface area contributed by atoms with Crippen molar-refractivity contribution in [2.75, 3.05) is 19.7 Å². The van der Waals surface area contributed by atoms with Crippen LogP contribution in [0.5, 0.6) is 0 Å². The van der Waals surface area contributed by atoms with Crippen molar-refractivity contribution in [2.45, 2.75) is 18.3 Å². The molecule has 22 heavy (non-hydrogen) atoms. The molecule has 7 heteroatoms. The van der Waals surface area contributed by atoms with Gasteiger partial charge in [0.05, 0.1) is 12.7 Å². The highest BCUT2D eigenvalue weighted by atomic mass is 32.2. The predicted octanol–water partition coefficient (Wildman–Crippen LogP) is 1.93. The maximum Gasteiger partial charge on any atom is 0.220 e. The zero-order chi connectivity index (χ0) is 15.6. The van der Waals surface area contributed by atoms with Gasteiger partial charge < -0.3 is 9.26 Å². The van der Waals surface area contributed by atoms with Gasteiger partial charge in [-0.3, -0.25) is 0 Å². The second-order valence-electron chi connectivity index (χ2n) is 5.27. The lowest BCUT2D eigenvalue weighted by Crippen LogP contribution is -2.31. The van der Waals surface area contributed by atoms with Crippen molar-refractivity contribution < 1.29 is 17.7 Å². The first kappa shape index (κ1) is 15.2. The van der Waals surface area contributed by atoms with Crippen LogP contribution in [0.3, 0.4) is 0 Å². The number of sulfonamides is 1. The van der Waals surface area contributed by atoms with Gasteiger partial charge >= 0.3 is 0 Å². The van der Waals surface area contributed by atoms with E-state index in [1.54, 1.807) is 12.1 Å². The van der Waals surface area contributed by atoms with Crippen LogP contribution in [0.25, 0.3) is 11.0 Å². The predicted molar refractivity (Wildman–Crippen MR) is 82.8 cm³/mol. The van der Waals surface area contributed by atoms with E-state index in [4.69, 9.17) is 9.26 Å². The number of benzene rings is 1. The minimum Gasteiger partial charge on any atom is -0.373 e. The normalized spacial score (nSPS) is 19.7. The molecule has 1 aromatic heterocycles. The summed E-state index contributed by atoms with van der Waals surface area (Å²) in [5.41, 5.74) is 1.05. The molecule has 1 fully saturated rings. The van der Waals surface area contributed by atoms with E-state index < -0.39 is 10.0 Å². The number of hydrogen-bond acceptors (Lipinski definition) is 5. The second kappa shape index (κ2) is 6.20. The van der Waals surface area contributed by atoms with E-state index in [-0.39, 0.29) is 11.9 Å². The molecule has 0 radical (unpaired) electrons. The lowest BCUT2D eigenvalue weighted by molar-refractivity contribution is 0.0856. The number of ether oxygens (including phenoxy) is 1. The van der Waals surface area contributed by atoms with Crippen LogP contribution in [-0.4, -0.2) is 43.7 Å². The first-order valence-corrected chi connectivity index (χ1v) is 8.74. The van der Waals surface area contributed by atoms with E-state index in [1.165, 1.54) is 4.31 Å². The number of rotatable bonds is 6. The van der Waals surface area contributed by atoms with Crippen molar-refractivity contribution >= 4 is 21.0 Å². The van der Waals surface area contributed by atoms with Crippen molar-refractivity contribution in [1.82, 2.24) is 9.46 Å². The molecule has 1 aromatic carbocycles. The Morgan fingerprint density at radius 1 is 1.45 bits per heavy atom. The summed E-state index contributed by atoms with van der Waals surface area (Å²) in [7, 11) is -3.43. The Morgan fingerprint density at radius 3 is 3.09 bits per heavy atom. The van der Waals surface area contributed by atoms with E-state index in [9.17, 15) is 8.42 Å². The summed E-state index contributed by atoms with van der Waals surface area (Å²) in [6.07, 6.45) is 2.30. The molecule has 0 amide bonds. The van der Waals surface area contributed by atoms with Gasteiger partial charge in [0, 0.05) is 18.5 Å². The minimum absolute atomic E-state index is 0.0678. The molecule has 2 heterocycles. The molecule has 1 atom stereocenters. The minimum atomic E-state index is -3.43. The van der Waals surface area contributed by atoms with E-state index in [0.29, 0.717) is 37.4 Å². The molecule has 1 aliphatic rings. The Bertz CT molecular complexity index is 769. The zero-order valence-electron chi connectivity index (χ0n) is 12.1. The number of fused-ring (bicyclic) bond motifs is 1. The number of hydrogen-bond donors (Lipinski definition) is 0. The van der Waals surface area contributed by atoms with Gasteiger partial charge in [0.1, 0.15) is 11.4 Å². The monoisotopic (exact) mass is 322 g/mol. The van der Waals surface area contributed by atoms with Gasteiger partial charge in [0.25, 0.3) is 0 Å². The average Bonchev–Trinajstić information content (AvgIpc) is 3.13. The fourth-order valence-electron chi connectivity index (χ4n) is 2.60. The third-order valence-corrected chi connectivity index (χ3v) is 5.48. The first-order chi connectivity index (χ1) is 10.6. The van der Waals surface area contributed by atoms with Gasteiger partial charge in [0.15, 0.2) is 5.58 Å². The van der Waals surface area contributed by atoms with Crippen molar-refractivity contribution in [3.05, 3.63) is 42.6 Å². The maximum atomic E-state index is 12.5. The molecule has 0 saturated carbocycles. The molecule has 1 saturated heterocycles. The third-order valence-electron chi connectivity index (χ3n) is 3.72. The van der Waals surface area contributed by atoms with E-state index >= 15 is 0 Å². The fourth-order valence-corrected chi connectivity index (χ4v) is 4.11. The Labute approximate surface area is 129 Å². The standard InChI is InChI=1S/C15H18N2O4S/c1-2-9-20-12-7-8-17(10-12)22(18,19)11-14-13-5-3-4-6-15(13)21-16-14/h2-6,12H,1,7-11H2/t12-/m0/s1. The number of nitrogens with zero attached hydrogens (tertiary/aromatic N) is 2. The molecule has 0 bridgehead atoms. The van der Waals surface area contributed by atoms with E-state index in [1.807, 2.05) is 18.2 Å². The number of para-hydroxylation sites is 1.